The number of pyridine rings is 1. The lowest BCUT2D eigenvalue weighted by Crippen LogP contribution is -2.33. The molecule has 162 valence electrons. The average Bonchev–Trinajstić information content (AvgIpc) is 2.88. The maximum absolute atomic E-state index is 5.90. The van der Waals surface area contributed by atoms with Gasteiger partial charge < -0.3 is 4.74 Å². The molecule has 0 fully saturated rings. The summed E-state index contributed by atoms with van der Waals surface area (Å²) in [5.74, 6) is 0.863. The van der Waals surface area contributed by atoms with E-state index in [1.165, 1.54) is 5.56 Å². The lowest BCUT2D eigenvalue weighted by Gasteiger charge is -2.07. The SMILES string of the molecule is C=Cc1ccc(COc2ccc(C=Cc3cc[n+](Cc4ccc(C=C)cc4)cc3)cc2)cc1. The van der Waals surface area contributed by atoms with E-state index in [0.29, 0.717) is 6.61 Å². The van der Waals surface area contributed by atoms with E-state index >= 15 is 0 Å². The molecule has 0 bridgehead atoms. The van der Waals surface area contributed by atoms with Crippen molar-refractivity contribution in [2.45, 2.75) is 13.2 Å². The van der Waals surface area contributed by atoms with Crippen LogP contribution in [0.2, 0.25) is 0 Å². The second-order valence-electron chi connectivity index (χ2n) is 7.89. The molecule has 0 saturated heterocycles. The molecule has 4 rings (SSSR count). The van der Waals surface area contributed by atoms with E-state index in [1.807, 2.05) is 36.4 Å². The van der Waals surface area contributed by atoms with Crippen molar-refractivity contribution in [3.05, 3.63) is 144 Å². The lowest BCUT2D eigenvalue weighted by molar-refractivity contribution is -0.688. The molecule has 3 aromatic carbocycles. The second-order valence-corrected chi connectivity index (χ2v) is 7.89. The summed E-state index contributed by atoms with van der Waals surface area (Å²) in [6, 6.07) is 29.1. The van der Waals surface area contributed by atoms with Crippen LogP contribution in [0.15, 0.2) is 110 Å². The Labute approximate surface area is 196 Å². The number of ether oxygens (including phenoxy) is 1. The molecule has 2 nitrogen and oxygen atoms in total. The van der Waals surface area contributed by atoms with Crippen LogP contribution in [0.1, 0.15) is 33.4 Å². The Morgan fingerprint density at radius 1 is 0.576 bits per heavy atom. The van der Waals surface area contributed by atoms with Crippen molar-refractivity contribution in [1.82, 2.24) is 0 Å². The maximum atomic E-state index is 5.90. The van der Waals surface area contributed by atoms with Gasteiger partial charge in [0.15, 0.2) is 18.9 Å². The van der Waals surface area contributed by atoms with Crippen LogP contribution >= 0.6 is 0 Å². The molecule has 0 saturated carbocycles. The van der Waals surface area contributed by atoms with Gasteiger partial charge in [0.25, 0.3) is 0 Å². The zero-order chi connectivity index (χ0) is 22.9. The highest BCUT2D eigenvalue weighted by molar-refractivity contribution is 5.69. The van der Waals surface area contributed by atoms with Crippen molar-refractivity contribution < 1.29 is 9.30 Å². The van der Waals surface area contributed by atoms with Gasteiger partial charge in [0.05, 0.1) is 0 Å². The van der Waals surface area contributed by atoms with Crippen molar-refractivity contribution in [3.63, 3.8) is 0 Å². The minimum absolute atomic E-state index is 0.551. The van der Waals surface area contributed by atoms with Gasteiger partial charge >= 0.3 is 0 Å². The van der Waals surface area contributed by atoms with Crippen molar-refractivity contribution in [1.29, 1.82) is 0 Å². The molecule has 1 aromatic heterocycles. The number of rotatable bonds is 9. The Morgan fingerprint density at radius 3 is 1.61 bits per heavy atom. The molecule has 0 atom stereocenters. The summed E-state index contributed by atoms with van der Waals surface area (Å²) >= 11 is 0. The van der Waals surface area contributed by atoms with E-state index in [2.05, 4.69) is 103 Å². The highest BCUT2D eigenvalue weighted by Crippen LogP contribution is 2.16. The molecule has 0 unspecified atom stereocenters. The van der Waals surface area contributed by atoms with Crippen molar-refractivity contribution in [3.8, 4) is 5.75 Å². The molecule has 4 aromatic rings. The summed E-state index contributed by atoms with van der Waals surface area (Å²) in [5, 5.41) is 0. The first-order valence-corrected chi connectivity index (χ1v) is 11.0. The predicted octanol–water partition coefficient (Wildman–Crippen LogP) is 7.06. The van der Waals surface area contributed by atoms with E-state index in [0.717, 1.165) is 40.1 Å². The zero-order valence-electron chi connectivity index (χ0n) is 18.7. The van der Waals surface area contributed by atoms with Crippen molar-refractivity contribution in [2.75, 3.05) is 0 Å². The summed E-state index contributed by atoms with van der Waals surface area (Å²) < 4.78 is 8.08. The fourth-order valence-corrected chi connectivity index (χ4v) is 3.44. The van der Waals surface area contributed by atoms with Crippen LogP contribution in [0.25, 0.3) is 24.3 Å². The lowest BCUT2D eigenvalue weighted by atomic mass is 10.1. The van der Waals surface area contributed by atoms with Crippen LogP contribution in [0.4, 0.5) is 0 Å². The number of aromatic nitrogens is 1. The Kier molecular flexibility index (Phi) is 7.29. The number of nitrogens with zero attached hydrogens (tertiary/aromatic N) is 1. The van der Waals surface area contributed by atoms with E-state index in [1.54, 1.807) is 0 Å². The van der Waals surface area contributed by atoms with E-state index in [9.17, 15) is 0 Å². The highest BCUT2D eigenvalue weighted by atomic mass is 16.5. The monoisotopic (exact) mass is 430 g/mol. The normalized spacial score (nSPS) is 10.8. The first kappa shape index (κ1) is 22.0. The number of benzene rings is 3. The minimum Gasteiger partial charge on any atom is -0.489 e. The molecule has 33 heavy (non-hydrogen) atoms. The Morgan fingerprint density at radius 2 is 1.06 bits per heavy atom. The second kappa shape index (κ2) is 10.9. The van der Waals surface area contributed by atoms with Gasteiger partial charge in [0, 0.05) is 17.7 Å². The average molecular weight is 431 g/mol. The van der Waals surface area contributed by atoms with Gasteiger partial charge in [-0.1, -0.05) is 98.1 Å². The highest BCUT2D eigenvalue weighted by Gasteiger charge is 2.02. The molecular weight excluding hydrogens is 402 g/mol. The van der Waals surface area contributed by atoms with Crippen molar-refractivity contribution in [2.24, 2.45) is 0 Å². The molecule has 0 aliphatic rings. The number of hydrogen-bond acceptors (Lipinski definition) is 1. The maximum Gasteiger partial charge on any atom is 0.173 e. The fraction of sp³-hybridized carbons (Fsp3) is 0.0645. The third kappa shape index (κ3) is 6.41. The largest absolute Gasteiger partial charge is 0.489 e. The van der Waals surface area contributed by atoms with Crippen LogP contribution in [-0.4, -0.2) is 0 Å². The van der Waals surface area contributed by atoms with Gasteiger partial charge in [-0.25, -0.2) is 4.57 Å². The summed E-state index contributed by atoms with van der Waals surface area (Å²) in [4.78, 5) is 0. The smallest absolute Gasteiger partial charge is 0.173 e. The fourth-order valence-electron chi connectivity index (χ4n) is 3.44. The zero-order valence-corrected chi connectivity index (χ0v) is 18.7. The Bertz CT molecular complexity index is 1220. The Hall–Kier alpha value is -4.17. The number of hydrogen-bond donors (Lipinski definition) is 0. The third-order valence-corrected chi connectivity index (χ3v) is 5.47. The van der Waals surface area contributed by atoms with Gasteiger partial charge in [0.2, 0.25) is 0 Å². The third-order valence-electron chi connectivity index (χ3n) is 5.47. The molecule has 1 heterocycles. The van der Waals surface area contributed by atoms with Crippen LogP contribution in [0.5, 0.6) is 5.75 Å². The first-order chi connectivity index (χ1) is 16.2. The molecule has 0 spiro atoms. The molecule has 0 aliphatic heterocycles. The van der Waals surface area contributed by atoms with Crippen molar-refractivity contribution >= 4 is 24.3 Å². The van der Waals surface area contributed by atoms with Gasteiger partial charge in [-0.3, -0.25) is 0 Å². The van der Waals surface area contributed by atoms with Crippen LogP contribution in [-0.2, 0) is 13.2 Å². The van der Waals surface area contributed by atoms with E-state index < -0.39 is 0 Å². The first-order valence-electron chi connectivity index (χ1n) is 11.0. The molecule has 2 heteroatoms. The summed E-state index contributed by atoms with van der Waals surface area (Å²) in [5.41, 5.74) is 6.96. The predicted molar refractivity (Wildman–Crippen MR) is 139 cm³/mol. The molecule has 0 amide bonds. The minimum atomic E-state index is 0.551. The van der Waals surface area contributed by atoms with Crippen LogP contribution < -0.4 is 9.30 Å². The van der Waals surface area contributed by atoms with Gasteiger partial charge in [-0.05, 0) is 39.9 Å². The standard InChI is InChI=1S/C31H28NO/c1-3-25-5-11-29(12-6-25)23-32-21-19-28(20-22-32)10-9-27-15-17-31(18-16-27)33-24-30-13-7-26(4-2)8-14-30/h3-22H,1-2,23-24H2/q+1. The van der Waals surface area contributed by atoms with Crippen LogP contribution in [0.3, 0.4) is 0 Å². The topological polar surface area (TPSA) is 13.1 Å². The molecule has 0 N–H and O–H groups in total. The molecular formula is C31H28NO+. The molecule has 0 radical (unpaired) electrons. The summed E-state index contributed by atoms with van der Waals surface area (Å²) in [6.07, 6.45) is 12.2. The quantitative estimate of drug-likeness (QED) is 0.259. The van der Waals surface area contributed by atoms with Gasteiger partial charge in [-0.2, -0.15) is 0 Å². The Balaban J connectivity index is 1.30. The van der Waals surface area contributed by atoms with E-state index in [4.69, 9.17) is 4.74 Å². The summed E-state index contributed by atoms with van der Waals surface area (Å²) in [6.45, 7) is 8.98. The van der Waals surface area contributed by atoms with E-state index in [-0.39, 0.29) is 0 Å². The summed E-state index contributed by atoms with van der Waals surface area (Å²) in [7, 11) is 0. The van der Waals surface area contributed by atoms with Crippen LogP contribution in [0, 0.1) is 0 Å². The van der Waals surface area contributed by atoms with Gasteiger partial charge in [-0.15, -0.1) is 0 Å². The van der Waals surface area contributed by atoms with Gasteiger partial charge in [0.1, 0.15) is 12.4 Å². The molecule has 0 aliphatic carbocycles.